The van der Waals surface area contributed by atoms with Crippen molar-refractivity contribution in [3.8, 4) is 0 Å². The summed E-state index contributed by atoms with van der Waals surface area (Å²) in [6.07, 6.45) is 6.02. The van der Waals surface area contributed by atoms with Gasteiger partial charge in [0.05, 0.1) is 0 Å². The van der Waals surface area contributed by atoms with Gasteiger partial charge in [-0.15, -0.1) is 5.10 Å². The predicted octanol–water partition coefficient (Wildman–Crippen LogP) is 3.21. The molecule has 0 saturated heterocycles. The number of carbonyl (C=O) groups is 3. The SMILES string of the molecule is CC(C)=C[C@H](NC(=O)[C@H](CC(C)C)NC(=O)OCc1ccccc1)C(=O)Cn1nnnc1CCc1cccnc1. The van der Waals surface area contributed by atoms with Crippen LogP contribution >= 0.6 is 0 Å². The first-order valence-corrected chi connectivity index (χ1v) is 13.3. The van der Waals surface area contributed by atoms with E-state index in [1.165, 1.54) is 4.68 Å². The van der Waals surface area contributed by atoms with Gasteiger partial charge in [-0.25, -0.2) is 9.48 Å². The number of alkyl carbamates (subject to hydrolysis) is 1. The monoisotopic (exact) mass is 547 g/mol. The van der Waals surface area contributed by atoms with Crippen molar-refractivity contribution in [1.29, 1.82) is 0 Å². The van der Waals surface area contributed by atoms with Gasteiger partial charge in [-0.05, 0) is 60.2 Å². The molecule has 2 aromatic heterocycles. The number of hydrogen-bond acceptors (Lipinski definition) is 8. The van der Waals surface area contributed by atoms with Crippen molar-refractivity contribution in [3.63, 3.8) is 0 Å². The Morgan fingerprint density at radius 2 is 1.75 bits per heavy atom. The highest BCUT2D eigenvalue weighted by molar-refractivity contribution is 5.93. The van der Waals surface area contributed by atoms with E-state index in [2.05, 4.69) is 31.1 Å². The van der Waals surface area contributed by atoms with Crippen molar-refractivity contribution in [2.45, 2.75) is 72.2 Å². The number of rotatable bonds is 14. The summed E-state index contributed by atoms with van der Waals surface area (Å²) in [6.45, 7) is 7.53. The van der Waals surface area contributed by atoms with Crippen LogP contribution in [0.15, 0.2) is 66.5 Å². The molecule has 1 aromatic carbocycles. The third kappa shape index (κ3) is 10.0. The van der Waals surface area contributed by atoms with Crippen LogP contribution in [0, 0.1) is 5.92 Å². The minimum absolute atomic E-state index is 0.0800. The number of aromatic nitrogens is 5. The summed E-state index contributed by atoms with van der Waals surface area (Å²) in [5.74, 6) is -0.111. The summed E-state index contributed by atoms with van der Waals surface area (Å²) in [5, 5.41) is 17.2. The number of Topliss-reactive ketones (excluding diaryl/α,β-unsaturated/α-hetero) is 1. The minimum atomic E-state index is -0.926. The molecule has 0 spiro atoms. The molecule has 2 atom stereocenters. The lowest BCUT2D eigenvalue weighted by atomic mass is 10.0. The summed E-state index contributed by atoms with van der Waals surface area (Å²) < 4.78 is 6.75. The zero-order valence-corrected chi connectivity index (χ0v) is 23.4. The normalized spacial score (nSPS) is 12.3. The highest BCUT2D eigenvalue weighted by Gasteiger charge is 2.27. The number of aryl methyl sites for hydroxylation is 2. The second-order valence-corrected chi connectivity index (χ2v) is 10.2. The molecule has 2 amide bonds. The maximum Gasteiger partial charge on any atom is 0.408 e. The van der Waals surface area contributed by atoms with Gasteiger partial charge < -0.3 is 15.4 Å². The van der Waals surface area contributed by atoms with Gasteiger partial charge in [0, 0.05) is 18.8 Å². The molecule has 2 N–H and O–H groups in total. The van der Waals surface area contributed by atoms with E-state index in [4.69, 9.17) is 4.74 Å². The number of allylic oxidation sites excluding steroid dienone is 1. The topological polar surface area (TPSA) is 141 Å². The second kappa shape index (κ2) is 15.2. The summed E-state index contributed by atoms with van der Waals surface area (Å²) >= 11 is 0. The average Bonchev–Trinajstić information content (AvgIpc) is 3.37. The van der Waals surface area contributed by atoms with Crippen molar-refractivity contribution in [2.75, 3.05) is 0 Å². The highest BCUT2D eigenvalue weighted by Crippen LogP contribution is 2.09. The maximum atomic E-state index is 13.3. The molecule has 0 aliphatic carbocycles. The van der Waals surface area contributed by atoms with Crippen LogP contribution in [0.3, 0.4) is 0 Å². The molecule has 0 saturated carbocycles. The lowest BCUT2D eigenvalue weighted by molar-refractivity contribution is -0.128. The lowest BCUT2D eigenvalue weighted by Crippen LogP contribution is -2.52. The van der Waals surface area contributed by atoms with E-state index in [0.29, 0.717) is 25.1 Å². The van der Waals surface area contributed by atoms with Gasteiger partial charge in [-0.3, -0.25) is 14.6 Å². The van der Waals surface area contributed by atoms with E-state index < -0.39 is 24.1 Å². The Morgan fingerprint density at radius 1 is 1.00 bits per heavy atom. The number of ether oxygens (including phenoxy) is 1. The van der Waals surface area contributed by atoms with Crippen molar-refractivity contribution in [1.82, 2.24) is 35.8 Å². The quantitative estimate of drug-likeness (QED) is 0.293. The number of nitrogens with one attached hydrogen (secondary N) is 2. The van der Waals surface area contributed by atoms with Gasteiger partial charge in [0.2, 0.25) is 5.91 Å². The molecular weight excluding hydrogens is 510 g/mol. The standard InChI is InChI=1S/C29H37N7O4/c1-20(2)15-24(26(37)18-36-27(33-34-35-36)13-12-22-11-8-14-30-17-22)31-28(38)25(16-21(3)4)32-29(39)40-19-23-9-6-5-7-10-23/h5-11,14-15,17,21,24-25H,12-13,16,18-19H2,1-4H3,(H,31,38)(H,32,39)/t24-,25-/m0/s1. The molecule has 0 unspecified atom stereocenters. The lowest BCUT2D eigenvalue weighted by Gasteiger charge is -2.23. The first kappa shape index (κ1) is 30.1. The Bertz CT molecular complexity index is 1270. The third-order valence-electron chi connectivity index (χ3n) is 5.94. The smallest absolute Gasteiger partial charge is 0.408 e. The zero-order chi connectivity index (χ0) is 28.9. The fraction of sp³-hybridized carbons (Fsp3) is 0.414. The third-order valence-corrected chi connectivity index (χ3v) is 5.94. The van der Waals surface area contributed by atoms with Crippen molar-refractivity contribution in [3.05, 3.63) is 83.5 Å². The Balaban J connectivity index is 1.64. The number of benzene rings is 1. The fourth-order valence-electron chi connectivity index (χ4n) is 3.99. The van der Waals surface area contributed by atoms with Gasteiger partial charge in [0.25, 0.3) is 0 Å². The number of pyridine rings is 1. The van der Waals surface area contributed by atoms with E-state index in [9.17, 15) is 14.4 Å². The van der Waals surface area contributed by atoms with Crippen LogP contribution in [0.4, 0.5) is 4.79 Å². The Kier molecular flexibility index (Phi) is 11.5. The first-order valence-electron chi connectivity index (χ1n) is 13.3. The zero-order valence-electron chi connectivity index (χ0n) is 23.4. The highest BCUT2D eigenvalue weighted by atomic mass is 16.5. The number of hydrogen-bond donors (Lipinski definition) is 2. The molecule has 11 heteroatoms. The summed E-state index contributed by atoms with van der Waals surface area (Å²) in [7, 11) is 0. The molecule has 3 aromatic rings. The van der Waals surface area contributed by atoms with Crippen molar-refractivity contribution >= 4 is 17.8 Å². The van der Waals surface area contributed by atoms with E-state index in [-0.39, 0.29) is 24.9 Å². The largest absolute Gasteiger partial charge is 0.445 e. The van der Waals surface area contributed by atoms with Gasteiger partial charge >= 0.3 is 6.09 Å². The average molecular weight is 548 g/mol. The van der Waals surface area contributed by atoms with Gasteiger partial charge in [0.1, 0.15) is 25.2 Å². The van der Waals surface area contributed by atoms with E-state index in [0.717, 1.165) is 16.7 Å². The van der Waals surface area contributed by atoms with Crippen LogP contribution in [-0.2, 0) is 40.3 Å². The molecule has 11 nitrogen and oxygen atoms in total. The van der Waals surface area contributed by atoms with Crippen molar-refractivity contribution < 1.29 is 19.1 Å². The van der Waals surface area contributed by atoms with E-state index >= 15 is 0 Å². The van der Waals surface area contributed by atoms with Crippen molar-refractivity contribution in [2.24, 2.45) is 5.92 Å². The fourth-order valence-corrected chi connectivity index (χ4v) is 3.99. The first-order chi connectivity index (χ1) is 19.2. The van der Waals surface area contributed by atoms with Crippen LogP contribution in [0.1, 0.15) is 51.1 Å². The minimum Gasteiger partial charge on any atom is -0.445 e. The number of ketones is 1. The molecule has 0 radical (unpaired) electrons. The van der Waals surface area contributed by atoms with Crippen LogP contribution in [0.25, 0.3) is 0 Å². The Morgan fingerprint density at radius 3 is 2.42 bits per heavy atom. The van der Waals surface area contributed by atoms with E-state index in [1.807, 2.05) is 70.2 Å². The summed E-state index contributed by atoms with van der Waals surface area (Å²) in [5.41, 5.74) is 2.71. The van der Waals surface area contributed by atoms with Crippen LogP contribution in [0.5, 0.6) is 0 Å². The molecule has 212 valence electrons. The summed E-state index contributed by atoms with van der Waals surface area (Å²) in [4.78, 5) is 43.3. The number of amides is 2. The number of nitrogens with zero attached hydrogens (tertiary/aromatic N) is 5. The molecular formula is C29H37N7O4. The maximum absolute atomic E-state index is 13.3. The molecule has 40 heavy (non-hydrogen) atoms. The van der Waals surface area contributed by atoms with Gasteiger partial charge in [-0.1, -0.05) is 61.9 Å². The molecule has 0 aliphatic rings. The molecule has 0 fully saturated rings. The van der Waals surface area contributed by atoms with Gasteiger partial charge in [-0.2, -0.15) is 0 Å². The molecule has 3 rings (SSSR count). The Hall–Kier alpha value is -4.41. The van der Waals surface area contributed by atoms with Gasteiger partial charge in [0.15, 0.2) is 11.6 Å². The molecule has 0 bridgehead atoms. The van der Waals surface area contributed by atoms with Crippen LogP contribution in [-0.4, -0.2) is 55.1 Å². The predicted molar refractivity (Wildman–Crippen MR) is 149 cm³/mol. The van der Waals surface area contributed by atoms with Crippen LogP contribution < -0.4 is 10.6 Å². The number of tetrazole rings is 1. The Labute approximate surface area is 234 Å². The van der Waals surface area contributed by atoms with E-state index in [1.54, 1.807) is 18.5 Å². The number of carbonyl (C=O) groups excluding carboxylic acids is 3. The molecule has 0 aliphatic heterocycles. The summed E-state index contributed by atoms with van der Waals surface area (Å²) in [6, 6.07) is 11.3. The molecule has 2 heterocycles. The van der Waals surface area contributed by atoms with Crippen LogP contribution in [0.2, 0.25) is 0 Å². The second-order valence-electron chi connectivity index (χ2n) is 10.2.